The van der Waals surface area contributed by atoms with Gasteiger partial charge >= 0.3 is 0 Å². The standard InChI is InChI=1S/C21H28FN7/c1-24-11-8-17(26-23)13-25-20(12-22)21(9-10-21)16-4-6-18(7-5-16)29-14-19(27-28-29)15-2-3-15/h4-7,13-15,20,24H,2-3,8-12,23H2,1H3/t20-/m1/s1. The Labute approximate surface area is 170 Å². The highest BCUT2D eigenvalue weighted by atomic mass is 19.1. The molecule has 1 aromatic carbocycles. The molecule has 0 spiro atoms. The monoisotopic (exact) mass is 397 g/mol. The molecule has 0 amide bonds. The Morgan fingerprint density at radius 3 is 2.72 bits per heavy atom. The Bertz CT molecular complexity index is 879. The summed E-state index contributed by atoms with van der Waals surface area (Å²) >= 11 is 0. The van der Waals surface area contributed by atoms with Crippen LogP contribution in [0.15, 0.2) is 40.6 Å². The van der Waals surface area contributed by atoms with E-state index in [1.165, 1.54) is 12.8 Å². The second-order valence-electron chi connectivity index (χ2n) is 7.99. The Morgan fingerprint density at radius 1 is 1.38 bits per heavy atom. The van der Waals surface area contributed by atoms with Crippen molar-refractivity contribution in [2.75, 3.05) is 20.3 Å². The second kappa shape index (κ2) is 8.41. The molecule has 0 saturated heterocycles. The van der Waals surface area contributed by atoms with Gasteiger partial charge in [0, 0.05) is 30.5 Å². The molecule has 7 nitrogen and oxygen atoms in total. The van der Waals surface area contributed by atoms with Gasteiger partial charge in [0.1, 0.15) is 6.67 Å². The lowest BCUT2D eigenvalue weighted by Crippen LogP contribution is -2.27. The van der Waals surface area contributed by atoms with Crippen molar-refractivity contribution in [3.63, 3.8) is 0 Å². The van der Waals surface area contributed by atoms with Crippen LogP contribution in [-0.4, -0.2) is 53.2 Å². The lowest BCUT2D eigenvalue weighted by atomic mass is 9.88. The molecule has 8 heteroatoms. The highest BCUT2D eigenvalue weighted by Gasteiger charge is 2.50. The lowest BCUT2D eigenvalue weighted by molar-refractivity contribution is 0.378. The quantitative estimate of drug-likeness (QED) is 0.366. The maximum atomic E-state index is 13.9. The van der Waals surface area contributed by atoms with Crippen LogP contribution in [0.2, 0.25) is 0 Å². The SMILES string of the molecule is CNCCC(C=N[C@H](CF)C1(c2ccc(-n3cc(C4CC4)nn3)cc2)CC1)=NN. The van der Waals surface area contributed by atoms with Gasteiger partial charge in [0.25, 0.3) is 0 Å². The van der Waals surface area contributed by atoms with Gasteiger partial charge in [0.2, 0.25) is 0 Å². The van der Waals surface area contributed by atoms with Crippen LogP contribution in [0.1, 0.15) is 49.3 Å². The third kappa shape index (κ3) is 4.22. The van der Waals surface area contributed by atoms with E-state index in [9.17, 15) is 4.39 Å². The van der Waals surface area contributed by atoms with Gasteiger partial charge < -0.3 is 11.2 Å². The third-order valence-corrected chi connectivity index (χ3v) is 5.99. The Kier molecular flexibility index (Phi) is 5.71. The zero-order valence-corrected chi connectivity index (χ0v) is 16.8. The summed E-state index contributed by atoms with van der Waals surface area (Å²) in [5, 5.41) is 15.3. The van der Waals surface area contributed by atoms with Crippen LogP contribution in [0.3, 0.4) is 0 Å². The summed E-state index contributed by atoms with van der Waals surface area (Å²) in [6.45, 7) is 0.246. The summed E-state index contributed by atoms with van der Waals surface area (Å²) in [5.74, 6) is 6.01. The molecule has 2 aromatic rings. The fraction of sp³-hybridized carbons (Fsp3) is 0.524. The molecule has 154 valence electrons. The van der Waals surface area contributed by atoms with Crippen LogP contribution in [-0.2, 0) is 5.41 Å². The van der Waals surface area contributed by atoms with E-state index in [1.807, 2.05) is 30.1 Å². The smallest absolute Gasteiger partial charge is 0.113 e. The number of hydrazone groups is 1. The molecule has 2 fully saturated rings. The zero-order valence-electron chi connectivity index (χ0n) is 16.8. The number of benzene rings is 1. The van der Waals surface area contributed by atoms with Crippen molar-refractivity contribution in [2.24, 2.45) is 15.9 Å². The van der Waals surface area contributed by atoms with Gasteiger partial charge in [0.05, 0.1) is 29.3 Å². The van der Waals surface area contributed by atoms with E-state index in [1.54, 1.807) is 6.21 Å². The molecule has 0 unspecified atom stereocenters. The summed E-state index contributed by atoms with van der Waals surface area (Å²) in [4.78, 5) is 4.52. The highest BCUT2D eigenvalue weighted by Crippen LogP contribution is 2.52. The number of halogens is 1. The van der Waals surface area contributed by atoms with Crippen LogP contribution < -0.4 is 11.2 Å². The number of hydrogen-bond acceptors (Lipinski definition) is 6. The molecule has 3 N–H and O–H groups in total. The van der Waals surface area contributed by atoms with E-state index in [-0.39, 0.29) is 5.41 Å². The van der Waals surface area contributed by atoms with E-state index >= 15 is 0 Å². The first-order chi connectivity index (χ1) is 14.2. The van der Waals surface area contributed by atoms with Crippen LogP contribution in [0.4, 0.5) is 4.39 Å². The number of nitrogens with one attached hydrogen (secondary N) is 1. The maximum Gasteiger partial charge on any atom is 0.113 e. The van der Waals surface area contributed by atoms with E-state index in [4.69, 9.17) is 5.84 Å². The van der Waals surface area contributed by atoms with Gasteiger partial charge in [-0.15, -0.1) is 5.10 Å². The number of hydrogen-bond donors (Lipinski definition) is 2. The maximum absolute atomic E-state index is 13.9. The largest absolute Gasteiger partial charge is 0.323 e. The Hall–Kier alpha value is -2.61. The van der Waals surface area contributed by atoms with Crippen molar-refractivity contribution in [2.45, 2.75) is 49.5 Å². The van der Waals surface area contributed by atoms with Crippen LogP contribution >= 0.6 is 0 Å². The second-order valence-corrected chi connectivity index (χ2v) is 7.99. The number of aromatic nitrogens is 3. The molecule has 2 aliphatic rings. The van der Waals surface area contributed by atoms with Crippen LogP contribution in [0.25, 0.3) is 5.69 Å². The number of nitrogens with two attached hydrogens (primary N) is 1. The predicted octanol–water partition coefficient (Wildman–Crippen LogP) is 2.51. The molecule has 2 saturated carbocycles. The van der Waals surface area contributed by atoms with Gasteiger partial charge in [-0.1, -0.05) is 17.3 Å². The topological polar surface area (TPSA) is 93.5 Å². The molecule has 0 aliphatic heterocycles. The molecule has 1 atom stereocenters. The van der Waals surface area contributed by atoms with Gasteiger partial charge in [-0.05, 0) is 50.4 Å². The average Bonchev–Trinajstić information content (AvgIpc) is 3.70. The molecule has 1 heterocycles. The molecular weight excluding hydrogens is 369 g/mol. The summed E-state index contributed by atoms with van der Waals surface area (Å²) in [7, 11) is 1.87. The first-order valence-corrected chi connectivity index (χ1v) is 10.2. The van der Waals surface area contributed by atoms with Gasteiger partial charge in [0.15, 0.2) is 0 Å². The molecule has 1 aromatic heterocycles. The minimum absolute atomic E-state index is 0.242. The van der Waals surface area contributed by atoms with Gasteiger partial charge in [-0.2, -0.15) is 5.10 Å². The summed E-state index contributed by atoms with van der Waals surface area (Å²) in [6.07, 6.45) is 8.57. The first-order valence-electron chi connectivity index (χ1n) is 10.2. The normalized spacial score (nSPS) is 19.6. The predicted molar refractivity (Wildman–Crippen MR) is 113 cm³/mol. The fourth-order valence-corrected chi connectivity index (χ4v) is 3.79. The van der Waals surface area contributed by atoms with Crippen molar-refractivity contribution in [1.29, 1.82) is 0 Å². The Morgan fingerprint density at radius 2 is 2.14 bits per heavy atom. The van der Waals surface area contributed by atoms with Crippen molar-refractivity contribution in [3.05, 3.63) is 41.7 Å². The van der Waals surface area contributed by atoms with Gasteiger partial charge in [-0.3, -0.25) is 4.99 Å². The summed E-state index contributed by atoms with van der Waals surface area (Å²) < 4.78 is 15.7. The summed E-state index contributed by atoms with van der Waals surface area (Å²) in [6, 6.07) is 7.77. The molecule has 2 aliphatic carbocycles. The van der Waals surface area contributed by atoms with Crippen LogP contribution in [0, 0.1) is 0 Å². The highest BCUT2D eigenvalue weighted by molar-refractivity contribution is 6.30. The molecular formula is C21H28FN7. The van der Waals surface area contributed by atoms with Crippen LogP contribution in [0.5, 0.6) is 0 Å². The molecule has 0 bridgehead atoms. The lowest BCUT2D eigenvalue weighted by Gasteiger charge is -2.22. The fourth-order valence-electron chi connectivity index (χ4n) is 3.79. The number of alkyl halides is 1. The summed E-state index contributed by atoms with van der Waals surface area (Å²) in [5.41, 5.74) is 3.57. The number of aliphatic imine (C=N–C) groups is 1. The van der Waals surface area contributed by atoms with Crippen molar-refractivity contribution in [3.8, 4) is 5.69 Å². The Balaban J connectivity index is 1.48. The van der Waals surface area contributed by atoms with E-state index in [0.717, 1.165) is 36.3 Å². The average molecular weight is 398 g/mol. The minimum atomic E-state index is -0.504. The van der Waals surface area contributed by atoms with E-state index < -0.39 is 12.7 Å². The number of nitrogens with zero attached hydrogens (tertiary/aromatic N) is 5. The first kappa shape index (κ1) is 19.7. The zero-order chi connectivity index (χ0) is 20.3. The van der Waals surface area contributed by atoms with Crippen molar-refractivity contribution < 1.29 is 4.39 Å². The molecule has 4 rings (SSSR count). The van der Waals surface area contributed by atoms with Gasteiger partial charge in [-0.25, -0.2) is 9.07 Å². The van der Waals surface area contributed by atoms with E-state index in [0.29, 0.717) is 18.1 Å². The minimum Gasteiger partial charge on any atom is -0.323 e. The van der Waals surface area contributed by atoms with E-state index in [2.05, 4.69) is 37.9 Å². The van der Waals surface area contributed by atoms with Crippen molar-refractivity contribution in [1.82, 2.24) is 20.3 Å². The number of rotatable bonds is 10. The molecule has 29 heavy (non-hydrogen) atoms. The van der Waals surface area contributed by atoms with Crippen molar-refractivity contribution >= 4 is 11.9 Å². The molecule has 0 radical (unpaired) electrons. The third-order valence-electron chi connectivity index (χ3n) is 5.99.